The maximum Gasteiger partial charge on any atom is 0.205 e. The van der Waals surface area contributed by atoms with Crippen LogP contribution in [0, 0.1) is 0 Å². The second kappa shape index (κ2) is 7.50. The van der Waals surface area contributed by atoms with E-state index in [4.69, 9.17) is 0 Å². The number of hydrogen-bond donors (Lipinski definition) is 1. The van der Waals surface area contributed by atoms with Crippen LogP contribution in [0.25, 0.3) is 16.9 Å². The van der Waals surface area contributed by atoms with Crippen molar-refractivity contribution < 1.29 is 5.11 Å². The minimum atomic E-state index is -1.39. The van der Waals surface area contributed by atoms with E-state index in [2.05, 4.69) is 20.3 Å². The maximum absolute atomic E-state index is 12.1. The lowest BCUT2D eigenvalue weighted by molar-refractivity contribution is 0.0777. The molecular formula is C24H19N5O. The van der Waals surface area contributed by atoms with Crippen molar-refractivity contribution >= 4 is 11.2 Å². The van der Waals surface area contributed by atoms with Crippen molar-refractivity contribution in [2.75, 3.05) is 0 Å². The molecule has 0 aliphatic heterocycles. The second-order valence-electron chi connectivity index (χ2n) is 7.12. The molecule has 1 atom stereocenters. The third-order valence-electron chi connectivity index (χ3n) is 5.19. The number of fused-ring (bicyclic) bond motifs is 1. The van der Waals surface area contributed by atoms with Gasteiger partial charge in [-0.15, -0.1) is 5.10 Å². The Morgan fingerprint density at radius 1 is 0.767 bits per heavy atom. The number of rotatable bonds is 5. The summed E-state index contributed by atoms with van der Waals surface area (Å²) < 4.78 is 1.68. The van der Waals surface area contributed by atoms with Crippen molar-refractivity contribution in [1.29, 1.82) is 0 Å². The van der Waals surface area contributed by atoms with E-state index in [0.29, 0.717) is 23.3 Å². The lowest BCUT2D eigenvalue weighted by atomic mass is 9.83. The Kier molecular flexibility index (Phi) is 4.53. The number of para-hydroxylation sites is 1. The topological polar surface area (TPSA) is 76.7 Å². The number of aromatic nitrogens is 5. The molecular weight excluding hydrogens is 374 g/mol. The van der Waals surface area contributed by atoms with Gasteiger partial charge in [0.2, 0.25) is 5.65 Å². The number of nitrogens with zero attached hydrogens (tertiary/aromatic N) is 5. The molecule has 0 spiro atoms. The van der Waals surface area contributed by atoms with Gasteiger partial charge < -0.3 is 5.11 Å². The molecule has 0 radical (unpaired) electrons. The molecule has 0 aliphatic carbocycles. The van der Waals surface area contributed by atoms with Crippen LogP contribution in [0.1, 0.15) is 16.8 Å². The molecule has 2 aromatic heterocycles. The van der Waals surface area contributed by atoms with E-state index in [1.807, 2.05) is 91.0 Å². The minimum Gasteiger partial charge on any atom is -0.378 e. The van der Waals surface area contributed by atoms with Gasteiger partial charge >= 0.3 is 0 Å². The van der Waals surface area contributed by atoms with Crippen molar-refractivity contribution in [2.45, 2.75) is 12.0 Å². The van der Waals surface area contributed by atoms with Crippen molar-refractivity contribution in [2.24, 2.45) is 0 Å². The van der Waals surface area contributed by atoms with E-state index < -0.39 is 5.60 Å². The summed E-state index contributed by atoms with van der Waals surface area (Å²) in [4.78, 5) is 8.83. The number of benzene rings is 3. The molecule has 0 saturated carbocycles. The first kappa shape index (κ1) is 18.1. The monoisotopic (exact) mass is 393 g/mol. The zero-order valence-corrected chi connectivity index (χ0v) is 16.1. The van der Waals surface area contributed by atoms with Gasteiger partial charge in [0, 0.05) is 6.42 Å². The Bertz CT molecular complexity index is 1270. The SMILES string of the molecule is OC(Cc1ccccc1)(c1ccccc1)c1ncnc2nnn(-c3ccccc3)c12. The van der Waals surface area contributed by atoms with Gasteiger partial charge in [0.25, 0.3) is 0 Å². The van der Waals surface area contributed by atoms with Crippen molar-refractivity contribution in [1.82, 2.24) is 25.0 Å². The lowest BCUT2D eigenvalue weighted by Crippen LogP contribution is -2.32. The van der Waals surface area contributed by atoms with E-state index in [9.17, 15) is 5.11 Å². The average molecular weight is 393 g/mol. The lowest BCUT2D eigenvalue weighted by Gasteiger charge is -2.29. The summed E-state index contributed by atoms with van der Waals surface area (Å²) in [5.41, 5.74) is 2.67. The molecule has 146 valence electrons. The van der Waals surface area contributed by atoms with Crippen LogP contribution in [0.5, 0.6) is 0 Å². The summed E-state index contributed by atoms with van der Waals surface area (Å²) in [5, 5.41) is 20.7. The molecule has 3 aromatic carbocycles. The summed E-state index contributed by atoms with van der Waals surface area (Å²) in [6, 6.07) is 29.1. The predicted octanol–water partition coefficient (Wildman–Crippen LogP) is 3.69. The first-order valence-electron chi connectivity index (χ1n) is 9.70. The smallest absolute Gasteiger partial charge is 0.205 e. The fourth-order valence-corrected chi connectivity index (χ4v) is 3.75. The van der Waals surface area contributed by atoms with Gasteiger partial charge in [-0.25, -0.2) is 14.6 Å². The summed E-state index contributed by atoms with van der Waals surface area (Å²) in [5.74, 6) is 0. The van der Waals surface area contributed by atoms with Gasteiger partial charge in [-0.05, 0) is 23.3 Å². The van der Waals surface area contributed by atoms with E-state index >= 15 is 0 Å². The highest BCUT2D eigenvalue weighted by Crippen LogP contribution is 2.35. The van der Waals surface area contributed by atoms with Crippen LogP contribution in [-0.2, 0) is 12.0 Å². The Labute approximate surface area is 173 Å². The van der Waals surface area contributed by atoms with Crippen LogP contribution in [-0.4, -0.2) is 30.1 Å². The minimum absolute atomic E-state index is 0.351. The van der Waals surface area contributed by atoms with E-state index in [1.54, 1.807) is 4.68 Å². The quantitative estimate of drug-likeness (QED) is 0.493. The molecule has 5 rings (SSSR count). The molecule has 0 fully saturated rings. The Hall–Kier alpha value is -3.90. The molecule has 0 saturated heterocycles. The molecule has 1 N–H and O–H groups in total. The summed E-state index contributed by atoms with van der Waals surface area (Å²) in [6.45, 7) is 0. The van der Waals surface area contributed by atoms with Crippen LogP contribution in [0.4, 0.5) is 0 Å². The Morgan fingerprint density at radius 3 is 2.10 bits per heavy atom. The molecule has 2 heterocycles. The molecule has 0 aliphatic rings. The van der Waals surface area contributed by atoms with Gasteiger partial charge in [-0.2, -0.15) is 0 Å². The average Bonchev–Trinajstić information content (AvgIpc) is 3.25. The maximum atomic E-state index is 12.1. The standard InChI is InChI=1S/C24H19N5O/c30-24(19-12-6-2-7-13-19,16-18-10-4-1-5-11-18)22-21-23(26-17-25-22)27-28-29(21)20-14-8-3-9-15-20/h1-15,17,30H,16H2. The largest absolute Gasteiger partial charge is 0.378 e. The number of aliphatic hydroxyl groups is 1. The summed E-state index contributed by atoms with van der Waals surface area (Å²) in [7, 11) is 0. The molecule has 0 bridgehead atoms. The van der Waals surface area contributed by atoms with Gasteiger partial charge in [-0.1, -0.05) is 84.1 Å². The Balaban J connectivity index is 1.77. The third-order valence-corrected chi connectivity index (χ3v) is 5.19. The first-order chi connectivity index (χ1) is 14.8. The van der Waals surface area contributed by atoms with E-state index in [-0.39, 0.29) is 0 Å². The van der Waals surface area contributed by atoms with Gasteiger partial charge in [0.15, 0.2) is 0 Å². The normalized spacial score (nSPS) is 13.2. The third kappa shape index (κ3) is 3.13. The second-order valence-corrected chi connectivity index (χ2v) is 7.12. The number of hydrogen-bond acceptors (Lipinski definition) is 5. The fraction of sp³-hybridized carbons (Fsp3) is 0.0833. The molecule has 6 nitrogen and oxygen atoms in total. The Morgan fingerprint density at radius 2 is 1.40 bits per heavy atom. The van der Waals surface area contributed by atoms with Gasteiger partial charge in [0.1, 0.15) is 23.1 Å². The highest BCUT2D eigenvalue weighted by Gasteiger charge is 2.37. The van der Waals surface area contributed by atoms with Crippen molar-refractivity contribution in [3.05, 3.63) is 114 Å². The first-order valence-corrected chi connectivity index (χ1v) is 9.70. The van der Waals surface area contributed by atoms with E-state index in [0.717, 1.165) is 16.8 Å². The van der Waals surface area contributed by atoms with Crippen molar-refractivity contribution in [3.8, 4) is 5.69 Å². The highest BCUT2D eigenvalue weighted by molar-refractivity contribution is 5.76. The molecule has 1 unspecified atom stereocenters. The van der Waals surface area contributed by atoms with Gasteiger partial charge in [-0.3, -0.25) is 0 Å². The zero-order chi connectivity index (χ0) is 20.4. The zero-order valence-electron chi connectivity index (χ0n) is 16.1. The molecule has 30 heavy (non-hydrogen) atoms. The van der Waals surface area contributed by atoms with Crippen LogP contribution in [0.3, 0.4) is 0 Å². The van der Waals surface area contributed by atoms with Crippen LogP contribution < -0.4 is 0 Å². The van der Waals surface area contributed by atoms with Crippen LogP contribution in [0.2, 0.25) is 0 Å². The summed E-state index contributed by atoms with van der Waals surface area (Å²) >= 11 is 0. The highest BCUT2D eigenvalue weighted by atomic mass is 16.3. The van der Waals surface area contributed by atoms with Crippen LogP contribution in [0.15, 0.2) is 97.3 Å². The predicted molar refractivity (Wildman–Crippen MR) is 114 cm³/mol. The molecule has 6 heteroatoms. The fourth-order valence-electron chi connectivity index (χ4n) is 3.75. The summed E-state index contributed by atoms with van der Waals surface area (Å²) in [6.07, 6.45) is 1.78. The van der Waals surface area contributed by atoms with Gasteiger partial charge in [0.05, 0.1) is 5.69 Å². The van der Waals surface area contributed by atoms with Crippen LogP contribution >= 0.6 is 0 Å². The van der Waals surface area contributed by atoms with E-state index in [1.165, 1.54) is 6.33 Å². The van der Waals surface area contributed by atoms with Crippen molar-refractivity contribution in [3.63, 3.8) is 0 Å². The molecule has 0 amide bonds. The molecule has 5 aromatic rings.